The van der Waals surface area contributed by atoms with Crippen LogP contribution < -0.4 is 0 Å². The molecule has 84 valence electrons. The van der Waals surface area contributed by atoms with E-state index in [0.29, 0.717) is 16.9 Å². The van der Waals surface area contributed by atoms with Gasteiger partial charge in [0.2, 0.25) is 0 Å². The van der Waals surface area contributed by atoms with E-state index in [2.05, 4.69) is 9.97 Å². The van der Waals surface area contributed by atoms with E-state index in [-0.39, 0.29) is 11.5 Å². The number of benzene rings is 1. The van der Waals surface area contributed by atoms with Gasteiger partial charge < -0.3 is 5.11 Å². The zero-order chi connectivity index (χ0) is 12.0. The Bertz CT molecular complexity index is 662. The maximum absolute atomic E-state index is 12.0. The third-order valence-corrected chi connectivity index (χ3v) is 2.95. The SMILES string of the molecule is CC1C(=O)c2nc3ccccc3nc2C=C1O. The molecule has 4 nitrogen and oxygen atoms in total. The molecule has 4 heteroatoms. The van der Waals surface area contributed by atoms with Gasteiger partial charge in [-0.3, -0.25) is 4.79 Å². The predicted molar refractivity (Wildman–Crippen MR) is 63.6 cm³/mol. The highest BCUT2D eigenvalue weighted by atomic mass is 16.3. The number of aliphatic hydroxyl groups is 1. The fraction of sp³-hybridized carbons (Fsp3) is 0.154. The van der Waals surface area contributed by atoms with E-state index in [1.54, 1.807) is 6.92 Å². The number of rotatable bonds is 0. The van der Waals surface area contributed by atoms with Crippen LogP contribution in [0.3, 0.4) is 0 Å². The average Bonchev–Trinajstić information content (AvgIpc) is 2.34. The number of allylic oxidation sites excluding steroid dienone is 1. The summed E-state index contributed by atoms with van der Waals surface area (Å²) >= 11 is 0. The van der Waals surface area contributed by atoms with E-state index in [4.69, 9.17) is 0 Å². The summed E-state index contributed by atoms with van der Waals surface area (Å²) in [6, 6.07) is 7.36. The summed E-state index contributed by atoms with van der Waals surface area (Å²) in [7, 11) is 0. The van der Waals surface area contributed by atoms with E-state index < -0.39 is 5.92 Å². The molecule has 0 amide bonds. The maximum atomic E-state index is 12.0. The van der Waals surface area contributed by atoms with Gasteiger partial charge in [-0.05, 0) is 19.1 Å². The minimum Gasteiger partial charge on any atom is -0.511 e. The molecule has 0 saturated heterocycles. The Morgan fingerprint density at radius 1 is 1.18 bits per heavy atom. The molecule has 1 aromatic carbocycles. The van der Waals surface area contributed by atoms with Crippen molar-refractivity contribution in [1.29, 1.82) is 0 Å². The van der Waals surface area contributed by atoms with Gasteiger partial charge in [-0.2, -0.15) is 0 Å². The molecule has 0 aliphatic heterocycles. The summed E-state index contributed by atoms with van der Waals surface area (Å²) < 4.78 is 0. The van der Waals surface area contributed by atoms with Gasteiger partial charge in [0.1, 0.15) is 11.5 Å². The van der Waals surface area contributed by atoms with Gasteiger partial charge >= 0.3 is 0 Å². The van der Waals surface area contributed by atoms with Gasteiger partial charge in [0.05, 0.1) is 22.6 Å². The fourth-order valence-electron chi connectivity index (χ4n) is 1.90. The van der Waals surface area contributed by atoms with Crippen molar-refractivity contribution in [2.24, 2.45) is 5.92 Å². The molecule has 1 aromatic heterocycles. The summed E-state index contributed by atoms with van der Waals surface area (Å²) in [5, 5.41) is 9.64. The number of hydrogen-bond donors (Lipinski definition) is 1. The van der Waals surface area contributed by atoms with Crippen LogP contribution in [0.25, 0.3) is 17.1 Å². The highest BCUT2D eigenvalue weighted by molar-refractivity contribution is 6.03. The van der Waals surface area contributed by atoms with Crippen molar-refractivity contribution >= 4 is 22.9 Å². The van der Waals surface area contributed by atoms with E-state index in [1.807, 2.05) is 24.3 Å². The molecule has 1 unspecified atom stereocenters. The van der Waals surface area contributed by atoms with E-state index in [9.17, 15) is 9.90 Å². The number of para-hydroxylation sites is 2. The van der Waals surface area contributed by atoms with E-state index in [0.717, 1.165) is 5.52 Å². The Morgan fingerprint density at radius 3 is 2.53 bits per heavy atom. The first-order valence-corrected chi connectivity index (χ1v) is 5.38. The van der Waals surface area contributed by atoms with Crippen molar-refractivity contribution in [3.63, 3.8) is 0 Å². The van der Waals surface area contributed by atoms with Crippen LogP contribution in [-0.2, 0) is 0 Å². The number of fused-ring (bicyclic) bond motifs is 2. The lowest BCUT2D eigenvalue weighted by Gasteiger charge is -2.16. The van der Waals surface area contributed by atoms with Crippen LogP contribution in [0.4, 0.5) is 0 Å². The minimum atomic E-state index is -0.530. The van der Waals surface area contributed by atoms with Gasteiger partial charge in [0.15, 0.2) is 5.78 Å². The van der Waals surface area contributed by atoms with Gasteiger partial charge in [-0.25, -0.2) is 9.97 Å². The molecule has 1 N–H and O–H groups in total. The Hall–Kier alpha value is -2.23. The second-order valence-electron chi connectivity index (χ2n) is 4.10. The van der Waals surface area contributed by atoms with Crippen molar-refractivity contribution in [1.82, 2.24) is 9.97 Å². The molecule has 1 aliphatic carbocycles. The first-order valence-electron chi connectivity index (χ1n) is 5.38. The van der Waals surface area contributed by atoms with Crippen molar-refractivity contribution < 1.29 is 9.90 Å². The Kier molecular flexibility index (Phi) is 1.98. The Labute approximate surface area is 97.6 Å². The molecule has 0 radical (unpaired) electrons. The highest BCUT2D eigenvalue weighted by Gasteiger charge is 2.28. The van der Waals surface area contributed by atoms with Gasteiger partial charge in [-0.1, -0.05) is 12.1 Å². The normalized spacial score (nSPS) is 19.0. The quantitative estimate of drug-likeness (QED) is 0.749. The number of aromatic nitrogens is 2. The second-order valence-corrected chi connectivity index (χ2v) is 4.10. The summed E-state index contributed by atoms with van der Waals surface area (Å²) in [5.41, 5.74) is 2.21. The number of hydrogen-bond acceptors (Lipinski definition) is 4. The summed E-state index contributed by atoms with van der Waals surface area (Å²) in [5.74, 6) is -0.664. The lowest BCUT2D eigenvalue weighted by atomic mass is 9.94. The molecule has 17 heavy (non-hydrogen) atoms. The molecule has 0 saturated carbocycles. The summed E-state index contributed by atoms with van der Waals surface area (Å²) in [6.07, 6.45) is 1.51. The number of carbonyl (C=O) groups excluding carboxylic acids is 1. The van der Waals surface area contributed by atoms with Crippen LogP contribution in [0.5, 0.6) is 0 Å². The van der Waals surface area contributed by atoms with Gasteiger partial charge in [0, 0.05) is 6.08 Å². The smallest absolute Gasteiger partial charge is 0.193 e. The van der Waals surface area contributed by atoms with Crippen molar-refractivity contribution in [3.05, 3.63) is 41.4 Å². The van der Waals surface area contributed by atoms with Crippen LogP contribution in [0, 0.1) is 5.92 Å². The predicted octanol–water partition coefficient (Wildman–Crippen LogP) is 2.36. The molecular weight excluding hydrogens is 216 g/mol. The fourth-order valence-corrected chi connectivity index (χ4v) is 1.90. The molecule has 0 fully saturated rings. The molecule has 1 aliphatic rings. The Balaban J connectivity index is 2.34. The van der Waals surface area contributed by atoms with Gasteiger partial charge in [0.25, 0.3) is 0 Å². The largest absolute Gasteiger partial charge is 0.511 e. The maximum Gasteiger partial charge on any atom is 0.193 e. The lowest BCUT2D eigenvalue weighted by molar-refractivity contribution is 0.0916. The molecule has 0 bridgehead atoms. The molecule has 1 heterocycles. The van der Waals surface area contributed by atoms with Crippen LogP contribution >= 0.6 is 0 Å². The topological polar surface area (TPSA) is 63.1 Å². The van der Waals surface area contributed by atoms with Crippen LogP contribution in [0.2, 0.25) is 0 Å². The van der Waals surface area contributed by atoms with Crippen LogP contribution in [0.1, 0.15) is 23.1 Å². The molecule has 2 aromatic rings. The van der Waals surface area contributed by atoms with Crippen LogP contribution in [0.15, 0.2) is 30.0 Å². The number of ketones is 1. The third-order valence-electron chi connectivity index (χ3n) is 2.95. The van der Waals surface area contributed by atoms with Crippen molar-refractivity contribution in [2.45, 2.75) is 6.92 Å². The zero-order valence-corrected chi connectivity index (χ0v) is 9.21. The van der Waals surface area contributed by atoms with Gasteiger partial charge in [-0.15, -0.1) is 0 Å². The highest BCUT2D eigenvalue weighted by Crippen LogP contribution is 2.26. The first kappa shape index (κ1) is 9.96. The van der Waals surface area contributed by atoms with Crippen LogP contribution in [-0.4, -0.2) is 20.9 Å². The molecule has 0 spiro atoms. The second kappa shape index (κ2) is 3.38. The molecule has 3 rings (SSSR count). The first-order chi connectivity index (χ1) is 8.16. The van der Waals surface area contributed by atoms with Crippen molar-refractivity contribution in [2.75, 3.05) is 0 Å². The number of nitrogens with zero attached hydrogens (tertiary/aromatic N) is 2. The molecular formula is C13H10N2O2. The van der Waals surface area contributed by atoms with E-state index >= 15 is 0 Å². The number of carbonyl (C=O) groups is 1. The average molecular weight is 226 g/mol. The number of Topliss-reactive ketones (excluding diaryl/α,β-unsaturated/α-hetero) is 1. The van der Waals surface area contributed by atoms with E-state index in [1.165, 1.54) is 6.08 Å². The molecule has 1 atom stereocenters. The summed E-state index contributed by atoms with van der Waals surface area (Å²) in [4.78, 5) is 20.6. The Morgan fingerprint density at radius 2 is 1.82 bits per heavy atom. The third kappa shape index (κ3) is 1.41. The standard InChI is InChI=1S/C13H10N2O2/c1-7-11(16)6-10-12(13(7)17)15-9-5-3-2-4-8(9)14-10/h2-7,16H,1H3. The minimum absolute atomic E-state index is 0.0482. The summed E-state index contributed by atoms with van der Waals surface area (Å²) in [6.45, 7) is 1.66. The monoisotopic (exact) mass is 226 g/mol. The zero-order valence-electron chi connectivity index (χ0n) is 9.21. The lowest BCUT2D eigenvalue weighted by Crippen LogP contribution is -2.21. The van der Waals surface area contributed by atoms with Crippen molar-refractivity contribution in [3.8, 4) is 0 Å². The number of aliphatic hydroxyl groups excluding tert-OH is 1.